The number of fused-ring (bicyclic) bond motifs is 1. The lowest BCUT2D eigenvalue weighted by Crippen LogP contribution is -2.40. The summed E-state index contributed by atoms with van der Waals surface area (Å²) in [5.74, 6) is -1.76. The molecule has 0 bridgehead atoms. The highest BCUT2D eigenvalue weighted by Crippen LogP contribution is 2.25. The Labute approximate surface area is 178 Å². The number of benzene rings is 2. The zero-order chi connectivity index (χ0) is 21.8. The van der Waals surface area contributed by atoms with Gasteiger partial charge in [-0.05, 0) is 42.3 Å². The Morgan fingerprint density at radius 2 is 1.87 bits per heavy atom. The van der Waals surface area contributed by atoms with E-state index in [0.29, 0.717) is 18.7 Å². The van der Waals surface area contributed by atoms with Gasteiger partial charge in [0.05, 0.1) is 12.5 Å². The zero-order valence-corrected chi connectivity index (χ0v) is 16.9. The van der Waals surface area contributed by atoms with Crippen LogP contribution in [0.2, 0.25) is 0 Å². The summed E-state index contributed by atoms with van der Waals surface area (Å²) < 4.78 is 13.1. The van der Waals surface area contributed by atoms with E-state index in [0.717, 1.165) is 16.5 Å². The second-order valence-electron chi connectivity index (χ2n) is 7.56. The predicted molar refractivity (Wildman–Crippen MR) is 115 cm³/mol. The molecule has 2 aromatic carbocycles. The van der Waals surface area contributed by atoms with Gasteiger partial charge in [0.25, 0.3) is 0 Å². The number of nitrogens with zero attached hydrogens (tertiary/aromatic N) is 1. The van der Waals surface area contributed by atoms with E-state index in [9.17, 15) is 18.8 Å². The SMILES string of the molecule is O=C(CNC(=O)[C@H]1CC(=O)N(c2ccc(F)cc2)C1)NCCc1c[nH]c2ccccc12. The van der Waals surface area contributed by atoms with Gasteiger partial charge >= 0.3 is 0 Å². The summed E-state index contributed by atoms with van der Waals surface area (Å²) in [6.07, 6.45) is 2.67. The zero-order valence-electron chi connectivity index (χ0n) is 16.9. The summed E-state index contributed by atoms with van der Waals surface area (Å²) in [4.78, 5) is 41.4. The number of nitrogens with one attached hydrogen (secondary N) is 3. The number of hydrogen-bond acceptors (Lipinski definition) is 3. The quantitative estimate of drug-likeness (QED) is 0.545. The number of aromatic amines is 1. The van der Waals surface area contributed by atoms with Crippen molar-refractivity contribution in [1.82, 2.24) is 15.6 Å². The van der Waals surface area contributed by atoms with E-state index in [1.807, 2.05) is 30.5 Å². The molecule has 0 saturated carbocycles. The summed E-state index contributed by atoms with van der Waals surface area (Å²) in [6, 6.07) is 13.5. The van der Waals surface area contributed by atoms with E-state index in [1.54, 1.807) is 0 Å². The maximum absolute atomic E-state index is 13.1. The van der Waals surface area contributed by atoms with Crippen molar-refractivity contribution in [1.29, 1.82) is 0 Å². The lowest BCUT2D eigenvalue weighted by Gasteiger charge is -2.16. The van der Waals surface area contributed by atoms with E-state index < -0.39 is 5.92 Å². The summed E-state index contributed by atoms with van der Waals surface area (Å²) >= 11 is 0. The van der Waals surface area contributed by atoms with Crippen LogP contribution in [0.15, 0.2) is 54.7 Å². The van der Waals surface area contributed by atoms with Gasteiger partial charge in [-0.1, -0.05) is 18.2 Å². The molecule has 160 valence electrons. The molecule has 2 heterocycles. The minimum absolute atomic E-state index is 0.0609. The number of rotatable bonds is 7. The molecule has 1 aliphatic rings. The first-order valence-corrected chi connectivity index (χ1v) is 10.2. The first kappa shape index (κ1) is 20.6. The van der Waals surface area contributed by atoms with Crippen LogP contribution in [0.4, 0.5) is 10.1 Å². The van der Waals surface area contributed by atoms with Crippen molar-refractivity contribution in [3.8, 4) is 0 Å². The van der Waals surface area contributed by atoms with Crippen molar-refractivity contribution < 1.29 is 18.8 Å². The Morgan fingerprint density at radius 1 is 1.10 bits per heavy atom. The first-order chi connectivity index (χ1) is 15.0. The molecule has 31 heavy (non-hydrogen) atoms. The van der Waals surface area contributed by atoms with E-state index in [4.69, 9.17) is 0 Å². The van der Waals surface area contributed by atoms with Gasteiger partial charge in [0.1, 0.15) is 5.82 Å². The predicted octanol–water partition coefficient (Wildman–Crippen LogP) is 2.14. The Morgan fingerprint density at radius 3 is 2.68 bits per heavy atom. The van der Waals surface area contributed by atoms with Crippen molar-refractivity contribution in [2.75, 3.05) is 24.5 Å². The molecule has 1 aliphatic heterocycles. The number of amides is 3. The minimum Gasteiger partial charge on any atom is -0.361 e. The molecule has 0 unspecified atom stereocenters. The average molecular weight is 422 g/mol. The Bertz CT molecular complexity index is 1110. The molecular weight excluding hydrogens is 399 g/mol. The molecule has 1 fully saturated rings. The van der Waals surface area contributed by atoms with Crippen molar-refractivity contribution in [3.05, 3.63) is 66.1 Å². The molecule has 0 spiro atoms. The molecule has 7 nitrogen and oxygen atoms in total. The Hall–Kier alpha value is -3.68. The fraction of sp³-hybridized carbons (Fsp3) is 0.261. The number of H-pyrrole nitrogens is 1. The number of aromatic nitrogens is 1. The Balaban J connectivity index is 1.22. The maximum atomic E-state index is 13.1. The second-order valence-corrected chi connectivity index (χ2v) is 7.56. The fourth-order valence-electron chi connectivity index (χ4n) is 3.80. The maximum Gasteiger partial charge on any atom is 0.239 e. The number of anilines is 1. The third-order valence-corrected chi connectivity index (χ3v) is 5.45. The molecule has 0 aliphatic carbocycles. The van der Waals surface area contributed by atoms with Crippen LogP contribution in [-0.2, 0) is 20.8 Å². The van der Waals surface area contributed by atoms with Gasteiger partial charge in [0, 0.05) is 42.3 Å². The van der Waals surface area contributed by atoms with Crippen LogP contribution >= 0.6 is 0 Å². The largest absolute Gasteiger partial charge is 0.361 e. The molecule has 1 aromatic heterocycles. The van der Waals surface area contributed by atoms with Crippen LogP contribution in [0.1, 0.15) is 12.0 Å². The lowest BCUT2D eigenvalue weighted by atomic mass is 10.1. The third-order valence-electron chi connectivity index (χ3n) is 5.45. The van der Waals surface area contributed by atoms with Crippen LogP contribution in [0, 0.1) is 11.7 Å². The van der Waals surface area contributed by atoms with Crippen LogP contribution in [0.25, 0.3) is 10.9 Å². The summed E-state index contributed by atoms with van der Waals surface area (Å²) in [5.41, 5.74) is 2.72. The van der Waals surface area contributed by atoms with Crippen LogP contribution in [0.5, 0.6) is 0 Å². The van der Waals surface area contributed by atoms with Crippen LogP contribution < -0.4 is 15.5 Å². The average Bonchev–Trinajstić information content (AvgIpc) is 3.36. The number of carbonyl (C=O) groups is 3. The molecule has 1 saturated heterocycles. The van der Waals surface area contributed by atoms with Gasteiger partial charge in [-0.15, -0.1) is 0 Å². The number of para-hydroxylation sites is 1. The summed E-state index contributed by atoms with van der Waals surface area (Å²) in [6.45, 7) is 0.517. The second kappa shape index (κ2) is 8.99. The van der Waals surface area contributed by atoms with Crippen molar-refractivity contribution in [3.63, 3.8) is 0 Å². The van der Waals surface area contributed by atoms with Crippen molar-refractivity contribution in [2.24, 2.45) is 5.92 Å². The smallest absolute Gasteiger partial charge is 0.239 e. The molecule has 3 N–H and O–H groups in total. The molecule has 3 amide bonds. The van der Waals surface area contributed by atoms with E-state index >= 15 is 0 Å². The first-order valence-electron chi connectivity index (χ1n) is 10.2. The van der Waals surface area contributed by atoms with Crippen molar-refractivity contribution >= 4 is 34.3 Å². The molecule has 1 atom stereocenters. The number of carbonyl (C=O) groups excluding carboxylic acids is 3. The van der Waals surface area contributed by atoms with Crippen LogP contribution in [-0.4, -0.2) is 42.3 Å². The van der Waals surface area contributed by atoms with Crippen LogP contribution in [0.3, 0.4) is 0 Å². The monoisotopic (exact) mass is 422 g/mol. The van der Waals surface area contributed by atoms with E-state index in [-0.39, 0.29) is 43.0 Å². The lowest BCUT2D eigenvalue weighted by molar-refractivity contribution is -0.128. The Kier molecular flexibility index (Phi) is 5.97. The van der Waals surface area contributed by atoms with Gasteiger partial charge < -0.3 is 20.5 Å². The van der Waals surface area contributed by atoms with Gasteiger partial charge in [-0.2, -0.15) is 0 Å². The highest BCUT2D eigenvalue weighted by molar-refractivity contribution is 6.00. The number of halogens is 1. The number of hydrogen-bond donors (Lipinski definition) is 3. The highest BCUT2D eigenvalue weighted by Gasteiger charge is 2.35. The molecule has 4 rings (SSSR count). The topological polar surface area (TPSA) is 94.3 Å². The fourth-order valence-corrected chi connectivity index (χ4v) is 3.80. The third kappa shape index (κ3) is 4.74. The standard InChI is InChI=1S/C23H23FN4O3/c24-17-5-7-18(8-6-17)28-14-16(11-22(28)30)23(31)27-13-21(29)25-10-9-15-12-26-20-4-2-1-3-19(15)20/h1-8,12,16,26H,9-11,13-14H2,(H,25,29)(H,27,31)/t16-/m0/s1. The van der Waals surface area contributed by atoms with Crippen molar-refractivity contribution in [2.45, 2.75) is 12.8 Å². The highest BCUT2D eigenvalue weighted by atomic mass is 19.1. The summed E-state index contributed by atoms with van der Waals surface area (Å²) in [7, 11) is 0. The van der Waals surface area contributed by atoms with E-state index in [2.05, 4.69) is 15.6 Å². The van der Waals surface area contributed by atoms with Gasteiger partial charge in [0.2, 0.25) is 17.7 Å². The summed E-state index contributed by atoms with van der Waals surface area (Å²) in [5, 5.41) is 6.53. The minimum atomic E-state index is -0.545. The molecule has 8 heteroatoms. The molecule has 3 aromatic rings. The van der Waals surface area contributed by atoms with E-state index in [1.165, 1.54) is 29.2 Å². The van der Waals surface area contributed by atoms with Gasteiger partial charge in [0.15, 0.2) is 0 Å². The van der Waals surface area contributed by atoms with Gasteiger partial charge in [-0.25, -0.2) is 4.39 Å². The normalized spacial score (nSPS) is 16.0. The van der Waals surface area contributed by atoms with Gasteiger partial charge in [-0.3, -0.25) is 14.4 Å². The molecular formula is C23H23FN4O3. The molecule has 0 radical (unpaired) electrons.